The van der Waals surface area contributed by atoms with E-state index in [2.05, 4.69) is 41.5 Å². The molecule has 1 rings (SSSR count). The molecule has 0 spiro atoms. The van der Waals surface area contributed by atoms with Gasteiger partial charge in [0, 0.05) is 0 Å². The molecule has 1 fully saturated rings. The lowest BCUT2D eigenvalue weighted by Crippen LogP contribution is -2.56. The van der Waals surface area contributed by atoms with Gasteiger partial charge in [0.2, 0.25) is 0 Å². The van der Waals surface area contributed by atoms with E-state index in [1.165, 1.54) is 0 Å². The molecule has 0 radical (unpaired) electrons. The quantitative estimate of drug-likeness (QED) is 0.484. The van der Waals surface area contributed by atoms with Gasteiger partial charge in [-0.1, -0.05) is 41.5 Å². The van der Waals surface area contributed by atoms with Crippen molar-refractivity contribution in [2.24, 2.45) is 22.7 Å². The van der Waals surface area contributed by atoms with Gasteiger partial charge in [-0.2, -0.15) is 0 Å². The van der Waals surface area contributed by atoms with Crippen molar-refractivity contribution in [3.8, 4) is 0 Å². The summed E-state index contributed by atoms with van der Waals surface area (Å²) in [5.74, 6) is 1.74. The lowest BCUT2D eigenvalue weighted by atomic mass is 9.42. The van der Waals surface area contributed by atoms with Gasteiger partial charge in [0.25, 0.3) is 0 Å². The Morgan fingerprint density at radius 3 is 1.00 bits per heavy atom. The minimum Gasteiger partial charge on any atom is -0.0615 e. The Balaban J connectivity index is 2.78. The summed E-state index contributed by atoms with van der Waals surface area (Å²) in [4.78, 5) is 0. The average molecular weight is 140 g/mol. The molecule has 1 aliphatic rings. The van der Waals surface area contributed by atoms with Crippen LogP contribution >= 0.6 is 0 Å². The van der Waals surface area contributed by atoms with Crippen LogP contribution in [-0.4, -0.2) is 0 Å². The summed E-state index contributed by atoms with van der Waals surface area (Å²) in [5, 5.41) is 0. The van der Waals surface area contributed by atoms with Crippen LogP contribution in [0.5, 0.6) is 0 Å². The van der Waals surface area contributed by atoms with Crippen LogP contribution < -0.4 is 0 Å². The summed E-state index contributed by atoms with van der Waals surface area (Å²) >= 11 is 0. The van der Waals surface area contributed by atoms with E-state index in [4.69, 9.17) is 0 Å². The minimum atomic E-state index is 0.573. The maximum atomic E-state index is 2.38. The zero-order valence-corrected chi connectivity index (χ0v) is 8.15. The molecule has 1 aliphatic carbocycles. The molecule has 0 aromatic carbocycles. The molecular formula is C10H20. The van der Waals surface area contributed by atoms with Gasteiger partial charge < -0.3 is 0 Å². The van der Waals surface area contributed by atoms with Crippen LogP contribution in [0.15, 0.2) is 0 Å². The summed E-state index contributed by atoms with van der Waals surface area (Å²) < 4.78 is 0. The summed E-state index contributed by atoms with van der Waals surface area (Å²) in [7, 11) is 0. The lowest BCUT2D eigenvalue weighted by Gasteiger charge is -2.62. The molecule has 0 heterocycles. The number of rotatable bonds is 0. The zero-order chi connectivity index (χ0) is 8.15. The molecule has 1 saturated carbocycles. The molecule has 0 amide bonds. The second-order valence-electron chi connectivity index (χ2n) is 5.09. The molecule has 0 heteroatoms. The molecule has 0 aromatic rings. The third-order valence-corrected chi connectivity index (χ3v) is 4.46. The van der Waals surface area contributed by atoms with Crippen LogP contribution in [0.4, 0.5) is 0 Å². The Hall–Kier alpha value is 0. The van der Waals surface area contributed by atoms with E-state index in [0.29, 0.717) is 10.8 Å². The van der Waals surface area contributed by atoms with Crippen molar-refractivity contribution in [1.29, 1.82) is 0 Å². The Kier molecular flexibility index (Phi) is 1.44. The predicted molar refractivity (Wildman–Crippen MR) is 45.9 cm³/mol. The van der Waals surface area contributed by atoms with E-state index in [1.54, 1.807) is 0 Å². The van der Waals surface area contributed by atoms with Crippen LogP contribution in [0.2, 0.25) is 0 Å². The van der Waals surface area contributed by atoms with Gasteiger partial charge in [-0.15, -0.1) is 0 Å². The van der Waals surface area contributed by atoms with Crippen molar-refractivity contribution in [3.05, 3.63) is 0 Å². The third kappa shape index (κ3) is 0.681. The van der Waals surface area contributed by atoms with Crippen LogP contribution in [-0.2, 0) is 0 Å². The van der Waals surface area contributed by atoms with Gasteiger partial charge in [0.15, 0.2) is 0 Å². The maximum absolute atomic E-state index is 2.38. The van der Waals surface area contributed by atoms with E-state index in [0.717, 1.165) is 11.8 Å². The van der Waals surface area contributed by atoms with Gasteiger partial charge in [0.1, 0.15) is 0 Å². The summed E-state index contributed by atoms with van der Waals surface area (Å²) in [6, 6.07) is 0. The first kappa shape index (κ1) is 8.10. The van der Waals surface area contributed by atoms with Gasteiger partial charge >= 0.3 is 0 Å². The maximum Gasteiger partial charge on any atom is -0.0292 e. The standard InChI is InChI=1S/C10H20/c1-7-9(3,4)8(2)10(7,5)6/h7-8H,1-6H3. The highest BCUT2D eigenvalue weighted by Crippen LogP contribution is 2.62. The fourth-order valence-corrected chi connectivity index (χ4v) is 2.57. The highest BCUT2D eigenvalue weighted by Gasteiger charge is 2.56. The molecule has 0 N–H and O–H groups in total. The fraction of sp³-hybridized carbons (Fsp3) is 1.00. The molecule has 60 valence electrons. The van der Waals surface area contributed by atoms with Crippen molar-refractivity contribution >= 4 is 0 Å². The normalized spacial score (nSPS) is 42.6. The molecule has 0 bridgehead atoms. The topological polar surface area (TPSA) is 0 Å². The monoisotopic (exact) mass is 140 g/mol. The molecule has 0 nitrogen and oxygen atoms in total. The first-order chi connectivity index (χ1) is 4.31. The van der Waals surface area contributed by atoms with Gasteiger partial charge in [-0.25, -0.2) is 0 Å². The second kappa shape index (κ2) is 1.78. The number of hydrogen-bond acceptors (Lipinski definition) is 0. The van der Waals surface area contributed by atoms with Gasteiger partial charge in [-0.05, 0) is 22.7 Å². The summed E-state index contributed by atoms with van der Waals surface area (Å²) in [5.41, 5.74) is 1.15. The summed E-state index contributed by atoms with van der Waals surface area (Å²) in [6.07, 6.45) is 0. The molecule has 0 aromatic heterocycles. The van der Waals surface area contributed by atoms with Crippen molar-refractivity contribution in [2.45, 2.75) is 41.5 Å². The highest BCUT2D eigenvalue weighted by molar-refractivity contribution is 5.04. The smallest absolute Gasteiger partial charge is 0.0292 e. The second-order valence-corrected chi connectivity index (χ2v) is 5.09. The molecule has 10 heavy (non-hydrogen) atoms. The summed E-state index contributed by atoms with van der Waals surface area (Å²) in [6.45, 7) is 14.3. The van der Waals surface area contributed by atoms with E-state index in [-0.39, 0.29) is 0 Å². The van der Waals surface area contributed by atoms with E-state index in [9.17, 15) is 0 Å². The molecular weight excluding hydrogens is 120 g/mol. The SMILES string of the molecule is CC1C(C)(C)C(C)C1(C)C. The Morgan fingerprint density at radius 1 is 0.700 bits per heavy atom. The van der Waals surface area contributed by atoms with Gasteiger partial charge in [0.05, 0.1) is 0 Å². The zero-order valence-electron chi connectivity index (χ0n) is 8.15. The Morgan fingerprint density at radius 2 is 0.900 bits per heavy atom. The molecule has 0 saturated heterocycles. The fourth-order valence-electron chi connectivity index (χ4n) is 2.57. The largest absolute Gasteiger partial charge is 0.0615 e. The Bertz CT molecular complexity index is 112. The molecule has 0 aliphatic heterocycles. The van der Waals surface area contributed by atoms with Crippen LogP contribution in [0.25, 0.3) is 0 Å². The van der Waals surface area contributed by atoms with Crippen LogP contribution in [0, 0.1) is 22.7 Å². The van der Waals surface area contributed by atoms with Gasteiger partial charge in [-0.3, -0.25) is 0 Å². The molecule has 0 atom stereocenters. The van der Waals surface area contributed by atoms with Crippen molar-refractivity contribution in [3.63, 3.8) is 0 Å². The Labute approximate surface area is 65.0 Å². The molecule has 0 unspecified atom stereocenters. The van der Waals surface area contributed by atoms with Crippen LogP contribution in [0.3, 0.4) is 0 Å². The van der Waals surface area contributed by atoms with Crippen molar-refractivity contribution < 1.29 is 0 Å². The first-order valence-electron chi connectivity index (χ1n) is 4.31. The first-order valence-corrected chi connectivity index (χ1v) is 4.31. The van der Waals surface area contributed by atoms with Crippen molar-refractivity contribution in [1.82, 2.24) is 0 Å². The average Bonchev–Trinajstić information content (AvgIpc) is 1.84. The van der Waals surface area contributed by atoms with Crippen molar-refractivity contribution in [2.75, 3.05) is 0 Å². The highest BCUT2D eigenvalue weighted by atomic mass is 14.6. The number of hydrogen-bond donors (Lipinski definition) is 0. The van der Waals surface area contributed by atoms with E-state index >= 15 is 0 Å². The minimum absolute atomic E-state index is 0.573. The van der Waals surface area contributed by atoms with E-state index in [1.807, 2.05) is 0 Å². The van der Waals surface area contributed by atoms with Crippen LogP contribution in [0.1, 0.15) is 41.5 Å². The predicted octanol–water partition coefficient (Wildman–Crippen LogP) is 3.32. The third-order valence-electron chi connectivity index (χ3n) is 4.46. The lowest BCUT2D eigenvalue weighted by molar-refractivity contribution is -0.141. The van der Waals surface area contributed by atoms with E-state index < -0.39 is 0 Å².